The van der Waals surface area contributed by atoms with Gasteiger partial charge in [-0.05, 0) is 86.4 Å². The zero-order chi connectivity index (χ0) is 52.6. The number of carbonyl (C=O) groups is 5. The van der Waals surface area contributed by atoms with Gasteiger partial charge in [0.25, 0.3) is 16.1 Å². The Morgan fingerprint density at radius 2 is 1.57 bits per heavy atom. The van der Waals surface area contributed by atoms with Crippen LogP contribution in [-0.4, -0.2) is 144 Å². The summed E-state index contributed by atoms with van der Waals surface area (Å²) in [5.41, 5.74) is 19.5. The van der Waals surface area contributed by atoms with E-state index in [-0.39, 0.29) is 77.2 Å². The lowest BCUT2D eigenvalue weighted by Crippen LogP contribution is -2.55. The van der Waals surface area contributed by atoms with Crippen molar-refractivity contribution in [1.29, 1.82) is 0 Å². The molecule has 0 unspecified atom stereocenters. The van der Waals surface area contributed by atoms with E-state index in [1.54, 1.807) is 0 Å². The first-order valence-corrected chi connectivity index (χ1v) is 24.6. The van der Waals surface area contributed by atoms with Gasteiger partial charge in [0.1, 0.15) is 66.7 Å². The monoisotopic (exact) mass is 1020 g/mol. The zero-order valence-corrected chi connectivity index (χ0v) is 40.6. The van der Waals surface area contributed by atoms with Crippen molar-refractivity contribution < 1.29 is 62.3 Å². The maximum Gasteiger partial charge on any atom is 0.326 e. The molecule has 2 aliphatic rings. The Balaban J connectivity index is 1.45. The molecule has 72 heavy (non-hydrogen) atoms. The van der Waals surface area contributed by atoms with Gasteiger partial charge >= 0.3 is 5.97 Å². The molecule has 0 radical (unpaired) electrons. The Kier molecular flexibility index (Phi) is 17.7. The highest BCUT2D eigenvalue weighted by molar-refractivity contribution is 7.87. The van der Waals surface area contributed by atoms with Gasteiger partial charge < -0.3 is 68.0 Å². The fourth-order valence-corrected chi connectivity index (χ4v) is 8.35. The number of carboxylic acid groups (broad SMARTS) is 1. The number of fused-ring (bicyclic) bond motifs is 5. The van der Waals surface area contributed by atoms with Gasteiger partial charge in [-0.3, -0.25) is 19.2 Å². The fraction of sp³-hybridized carbons (Fsp3) is 0.426. The number of nitrogens with one attached hydrogen (secondary N) is 4. The second kappa shape index (κ2) is 23.5. The van der Waals surface area contributed by atoms with Gasteiger partial charge in [0, 0.05) is 49.8 Å². The first-order chi connectivity index (χ1) is 34.1. The van der Waals surface area contributed by atoms with E-state index in [1.807, 2.05) is 24.3 Å². The Morgan fingerprint density at radius 3 is 2.17 bits per heavy atom. The van der Waals surface area contributed by atoms with Gasteiger partial charge in [-0.1, -0.05) is 30.3 Å². The van der Waals surface area contributed by atoms with Gasteiger partial charge in [0.15, 0.2) is 17.3 Å². The highest BCUT2D eigenvalue weighted by atomic mass is 32.2. The van der Waals surface area contributed by atoms with E-state index in [0.29, 0.717) is 17.0 Å². The molecule has 1 fully saturated rings. The van der Waals surface area contributed by atoms with Crippen LogP contribution in [-0.2, 0) is 42.2 Å². The molecule has 3 aromatic carbocycles. The predicted octanol–water partition coefficient (Wildman–Crippen LogP) is -1.13. The molecular formula is C47H61N11O13S. The summed E-state index contributed by atoms with van der Waals surface area (Å²) in [6.45, 7) is 1.01. The third-order valence-electron chi connectivity index (χ3n) is 12.1. The molecule has 6 rings (SSSR count). The van der Waals surface area contributed by atoms with Crippen LogP contribution in [0, 0.1) is 12.8 Å². The minimum Gasteiger partial charge on any atom is -0.504 e. The minimum absolute atomic E-state index is 0.0205. The molecule has 1 aromatic heterocycles. The number of hydrogen-bond acceptors (Lipinski definition) is 17. The first-order valence-electron chi connectivity index (χ1n) is 23.0. The largest absolute Gasteiger partial charge is 0.504 e. The summed E-state index contributed by atoms with van der Waals surface area (Å²) >= 11 is 0. The molecule has 6 atom stereocenters. The number of aromatic nitrogens is 2. The topological polar surface area (TPSA) is 400 Å². The fourth-order valence-electron chi connectivity index (χ4n) is 7.95. The Labute approximate surface area is 415 Å². The number of aliphatic hydroxyl groups excluding tert-OH is 2. The van der Waals surface area contributed by atoms with Crippen LogP contribution in [0.2, 0.25) is 0 Å². The van der Waals surface area contributed by atoms with E-state index in [2.05, 4.69) is 30.6 Å². The molecule has 16 N–H and O–H groups in total. The maximum absolute atomic E-state index is 15.0. The van der Waals surface area contributed by atoms with E-state index in [9.17, 15) is 52.8 Å². The van der Waals surface area contributed by atoms with Gasteiger partial charge in [-0.15, -0.1) is 0 Å². The molecule has 1 aliphatic carbocycles. The van der Waals surface area contributed by atoms with Crippen molar-refractivity contribution >= 4 is 45.6 Å². The summed E-state index contributed by atoms with van der Waals surface area (Å²) < 4.78 is 37.9. The number of nitrogens with two attached hydrogens (primary N) is 4. The van der Waals surface area contributed by atoms with Gasteiger partial charge in [0.2, 0.25) is 17.7 Å². The first kappa shape index (κ1) is 54.3. The third kappa shape index (κ3) is 13.9. The maximum atomic E-state index is 15.0. The molecule has 0 spiro atoms. The highest BCUT2D eigenvalue weighted by Gasteiger charge is 2.37. The number of phenolic OH excluding ortho intramolecular Hbond substituents is 1. The van der Waals surface area contributed by atoms with Crippen LogP contribution in [0.1, 0.15) is 65.0 Å². The van der Waals surface area contributed by atoms with Crippen LogP contribution < -0.4 is 52.5 Å². The molecule has 2 heterocycles. The molecule has 4 bridgehead atoms. The Bertz CT molecular complexity index is 2760. The number of nitrogen functional groups attached to an aromatic ring is 1. The molecule has 4 aromatic rings. The number of rotatable bonds is 20. The van der Waals surface area contributed by atoms with Crippen LogP contribution in [0.3, 0.4) is 0 Å². The quantitative estimate of drug-likeness (QED) is 0.0498. The number of ether oxygens (including phenoxy) is 2. The van der Waals surface area contributed by atoms with E-state index in [0.717, 1.165) is 16.9 Å². The minimum atomic E-state index is -4.33. The van der Waals surface area contributed by atoms with E-state index >= 15 is 0 Å². The number of aliphatic carboxylic acids is 1. The number of nitrogens with zero attached hydrogens (tertiary/aromatic N) is 3. The average molecular weight is 1020 g/mol. The number of hydrogen-bond donors (Lipinski definition) is 12. The van der Waals surface area contributed by atoms with Crippen LogP contribution in [0.15, 0.2) is 54.6 Å². The van der Waals surface area contributed by atoms with Crippen molar-refractivity contribution in [1.82, 2.24) is 35.5 Å². The van der Waals surface area contributed by atoms with Crippen LogP contribution >= 0.6 is 0 Å². The SMILES string of the molecule is Cc1nc(-c2ccc(CC3CC3)cc2)nc(N)c1C(=O)N[C@@H](CCNS(N)(=O)=O)C(=O)N(C)[C@@H]1C(=O)N[C@@H](C)C(=O)N[C@H](C(=O)O)Cc2ccc(OC[C@H](O)CN)c(c2)-c2cc1cc(OC[C@H](O)CN)c2O. The molecule has 1 aliphatic heterocycles. The summed E-state index contributed by atoms with van der Waals surface area (Å²) in [7, 11) is -3.15. The Morgan fingerprint density at radius 1 is 0.917 bits per heavy atom. The summed E-state index contributed by atoms with van der Waals surface area (Å²) in [6, 6.07) is 8.05. The molecular weight excluding hydrogens is 959 g/mol. The van der Waals surface area contributed by atoms with Gasteiger partial charge in [0.05, 0.1) is 5.69 Å². The second-order valence-electron chi connectivity index (χ2n) is 17.8. The van der Waals surface area contributed by atoms with Crippen LogP contribution in [0.5, 0.6) is 17.2 Å². The number of likely N-dealkylation sites (N-methyl/N-ethyl adjacent to an activating group) is 1. The van der Waals surface area contributed by atoms with Gasteiger partial charge in [-0.2, -0.15) is 8.42 Å². The van der Waals surface area contributed by atoms with Crippen molar-refractivity contribution in [2.75, 3.05) is 45.6 Å². The molecule has 0 saturated heterocycles. The molecule has 388 valence electrons. The van der Waals surface area contributed by atoms with E-state index < -0.39 is 102 Å². The molecule has 25 heteroatoms. The number of aryl methyl sites for hydroxylation is 1. The number of anilines is 1. The van der Waals surface area contributed by atoms with Crippen LogP contribution in [0.25, 0.3) is 22.5 Å². The molecule has 24 nitrogen and oxygen atoms in total. The van der Waals surface area contributed by atoms with E-state index in [4.69, 9.17) is 31.8 Å². The van der Waals surface area contributed by atoms with Crippen LogP contribution in [0.4, 0.5) is 5.82 Å². The smallest absolute Gasteiger partial charge is 0.326 e. The van der Waals surface area contributed by atoms with Gasteiger partial charge in [-0.25, -0.2) is 24.6 Å². The highest BCUT2D eigenvalue weighted by Crippen LogP contribution is 2.45. The lowest BCUT2D eigenvalue weighted by atomic mass is 9.93. The summed E-state index contributed by atoms with van der Waals surface area (Å²) in [6.07, 6.45) is 0.188. The lowest BCUT2D eigenvalue weighted by molar-refractivity contribution is -0.143. The predicted molar refractivity (Wildman–Crippen MR) is 261 cm³/mol. The molecule has 1 saturated carbocycles. The number of amides is 4. The van der Waals surface area contributed by atoms with Crippen molar-refractivity contribution in [2.45, 2.75) is 82.3 Å². The lowest BCUT2D eigenvalue weighted by Gasteiger charge is -2.33. The normalized spacial score (nSPS) is 18.4. The molecule has 4 amide bonds. The van der Waals surface area contributed by atoms with Crippen molar-refractivity contribution in [2.24, 2.45) is 22.5 Å². The Hall–Kier alpha value is -7.00. The summed E-state index contributed by atoms with van der Waals surface area (Å²) in [4.78, 5) is 79.8. The number of carbonyl (C=O) groups excluding carboxylic acids is 4. The van der Waals surface area contributed by atoms with E-state index in [1.165, 1.54) is 64.1 Å². The standard InChI is InChI=1S/C47H61N11O13S/c1-23-38(41(50)57-42(53-23)28-9-6-26(7-10-28)14-25-4-5-25)44(63)55-34(12-13-52-72(51,68)69)46(65)58(3)39-29-17-33(40(61)37(18-29)71-22-31(60)20-49)32-15-27(8-11-36(32)70-21-30(59)19-48)16-35(47(66)67)56-43(62)24(2)54-45(39)64/h6-11,15,17-18,24-25,30-31,34-35,39,52,59-61H,4-5,12-14,16,19-22,48-49H2,1-3H3,(H,54,64)(H,55,63)(H,56,62)(H,66,67)(H2,50,53,57)(H2,51,68,69)/t24-,30+,31+,34-,35-,39-/m0/s1. The summed E-state index contributed by atoms with van der Waals surface area (Å²) in [5.74, 6) is -5.59. The second-order valence-corrected chi connectivity index (χ2v) is 19.2. The third-order valence-corrected chi connectivity index (χ3v) is 12.7. The van der Waals surface area contributed by atoms with Crippen molar-refractivity contribution in [3.05, 3.63) is 82.5 Å². The number of aliphatic hydroxyl groups is 2. The van der Waals surface area contributed by atoms with Crippen molar-refractivity contribution in [3.63, 3.8) is 0 Å². The average Bonchev–Trinajstić information content (AvgIpc) is 4.15. The summed E-state index contributed by atoms with van der Waals surface area (Å²) in [5, 5.41) is 55.5. The number of carboxylic acids is 1. The number of benzene rings is 3. The number of aromatic hydroxyl groups is 1. The zero-order valence-electron chi connectivity index (χ0n) is 39.8. The van der Waals surface area contributed by atoms with Crippen molar-refractivity contribution in [3.8, 4) is 39.8 Å². The number of phenols is 1.